The van der Waals surface area contributed by atoms with Crippen LogP contribution in [0, 0.1) is 0 Å². The summed E-state index contributed by atoms with van der Waals surface area (Å²) in [4.78, 5) is 23.0. The van der Waals surface area contributed by atoms with E-state index in [1.165, 1.54) is 19.3 Å². The molecule has 5 heteroatoms. The number of piperidine rings is 1. The van der Waals surface area contributed by atoms with Gasteiger partial charge in [0.15, 0.2) is 0 Å². The molecule has 1 atom stereocenters. The molecule has 1 aromatic heterocycles. The van der Waals surface area contributed by atoms with E-state index in [1.807, 2.05) is 6.92 Å². The van der Waals surface area contributed by atoms with Crippen molar-refractivity contribution < 1.29 is 4.79 Å². The monoisotopic (exact) mass is 276 g/mol. The van der Waals surface area contributed by atoms with Crippen LogP contribution in [0.5, 0.6) is 0 Å². The highest BCUT2D eigenvalue weighted by atomic mass is 16.1. The second kappa shape index (κ2) is 7.22. The lowest BCUT2D eigenvalue weighted by molar-refractivity contribution is 0.0948. The zero-order valence-electron chi connectivity index (χ0n) is 12.4. The fourth-order valence-corrected chi connectivity index (χ4v) is 2.63. The van der Waals surface area contributed by atoms with Crippen molar-refractivity contribution in [2.75, 3.05) is 18.0 Å². The molecule has 1 aliphatic heterocycles. The van der Waals surface area contributed by atoms with E-state index in [-0.39, 0.29) is 5.91 Å². The number of rotatable bonds is 5. The molecule has 1 aromatic rings. The predicted octanol–water partition coefficient (Wildman–Crippen LogP) is 2.39. The topological polar surface area (TPSA) is 58.1 Å². The van der Waals surface area contributed by atoms with Crippen molar-refractivity contribution in [1.82, 2.24) is 15.3 Å². The van der Waals surface area contributed by atoms with Gasteiger partial charge in [0.1, 0.15) is 5.69 Å². The third-order valence-electron chi connectivity index (χ3n) is 3.77. The van der Waals surface area contributed by atoms with Crippen LogP contribution in [0.4, 0.5) is 5.95 Å². The summed E-state index contributed by atoms with van der Waals surface area (Å²) >= 11 is 0. The summed E-state index contributed by atoms with van der Waals surface area (Å²) in [6, 6.07) is 2.18. The van der Waals surface area contributed by atoms with Crippen LogP contribution in [0.25, 0.3) is 0 Å². The predicted molar refractivity (Wildman–Crippen MR) is 79.9 cm³/mol. The molecule has 0 aromatic carbocycles. The van der Waals surface area contributed by atoms with Gasteiger partial charge in [0.05, 0.1) is 0 Å². The summed E-state index contributed by atoms with van der Waals surface area (Å²) in [5.74, 6) is 0.584. The molecule has 2 heterocycles. The molecule has 0 bridgehead atoms. The minimum Gasteiger partial charge on any atom is -0.351 e. The Labute approximate surface area is 120 Å². The Morgan fingerprint density at radius 3 is 3.05 bits per heavy atom. The van der Waals surface area contributed by atoms with Gasteiger partial charge in [0.25, 0.3) is 5.91 Å². The van der Waals surface area contributed by atoms with Crippen LogP contribution < -0.4 is 10.2 Å². The zero-order valence-corrected chi connectivity index (χ0v) is 12.4. The van der Waals surface area contributed by atoms with E-state index in [2.05, 4.69) is 27.1 Å². The molecule has 20 heavy (non-hydrogen) atoms. The molecule has 0 radical (unpaired) electrons. The van der Waals surface area contributed by atoms with Gasteiger partial charge in [-0.1, -0.05) is 13.8 Å². The molecular formula is C15H24N4O. The molecule has 0 aliphatic carbocycles. The molecule has 0 saturated carbocycles. The Bertz CT molecular complexity index is 449. The van der Waals surface area contributed by atoms with Gasteiger partial charge >= 0.3 is 0 Å². The van der Waals surface area contributed by atoms with Crippen molar-refractivity contribution in [1.29, 1.82) is 0 Å². The van der Waals surface area contributed by atoms with E-state index in [0.717, 1.165) is 19.4 Å². The first kappa shape index (κ1) is 14.8. The second-order valence-corrected chi connectivity index (χ2v) is 5.25. The summed E-state index contributed by atoms with van der Waals surface area (Å²) < 4.78 is 0. The fraction of sp³-hybridized carbons (Fsp3) is 0.667. The quantitative estimate of drug-likeness (QED) is 0.897. The van der Waals surface area contributed by atoms with Crippen LogP contribution in [-0.2, 0) is 0 Å². The Morgan fingerprint density at radius 1 is 1.45 bits per heavy atom. The van der Waals surface area contributed by atoms with Crippen LogP contribution in [0.3, 0.4) is 0 Å². The number of anilines is 1. The Balaban J connectivity index is 2.14. The van der Waals surface area contributed by atoms with Gasteiger partial charge in [0.2, 0.25) is 5.95 Å². The largest absolute Gasteiger partial charge is 0.351 e. The van der Waals surface area contributed by atoms with Crippen molar-refractivity contribution >= 4 is 11.9 Å². The summed E-state index contributed by atoms with van der Waals surface area (Å²) in [5.41, 5.74) is 0.462. The molecule has 1 fully saturated rings. The zero-order chi connectivity index (χ0) is 14.4. The molecule has 1 saturated heterocycles. The maximum atomic E-state index is 12.0. The van der Waals surface area contributed by atoms with Crippen molar-refractivity contribution in [3.05, 3.63) is 18.0 Å². The lowest BCUT2D eigenvalue weighted by atomic mass is 10.0. The first-order chi connectivity index (χ1) is 9.76. The summed E-state index contributed by atoms with van der Waals surface area (Å²) in [7, 11) is 0. The van der Waals surface area contributed by atoms with Gasteiger partial charge in [-0.05, 0) is 38.2 Å². The van der Waals surface area contributed by atoms with Gasteiger partial charge in [-0.15, -0.1) is 0 Å². The SMILES string of the molecule is CCCNC(=O)c1ccnc(N2CCCCC2CC)n1. The van der Waals surface area contributed by atoms with Crippen LogP contribution in [0.2, 0.25) is 0 Å². The molecule has 110 valence electrons. The minimum atomic E-state index is -0.111. The van der Waals surface area contributed by atoms with E-state index >= 15 is 0 Å². The number of amides is 1. The second-order valence-electron chi connectivity index (χ2n) is 5.25. The number of hydrogen-bond donors (Lipinski definition) is 1. The normalized spacial score (nSPS) is 18.9. The highest BCUT2D eigenvalue weighted by Crippen LogP contribution is 2.23. The highest BCUT2D eigenvalue weighted by molar-refractivity contribution is 5.92. The van der Waals surface area contributed by atoms with E-state index in [0.29, 0.717) is 24.2 Å². The first-order valence-electron chi connectivity index (χ1n) is 7.64. The Hall–Kier alpha value is -1.65. The number of nitrogens with zero attached hydrogens (tertiary/aromatic N) is 3. The molecular weight excluding hydrogens is 252 g/mol. The van der Waals surface area contributed by atoms with Gasteiger partial charge in [-0.3, -0.25) is 4.79 Å². The lowest BCUT2D eigenvalue weighted by Crippen LogP contribution is -2.40. The van der Waals surface area contributed by atoms with Crippen LogP contribution >= 0.6 is 0 Å². The summed E-state index contributed by atoms with van der Waals surface area (Å²) in [5, 5.41) is 2.86. The van der Waals surface area contributed by atoms with Crippen LogP contribution in [-0.4, -0.2) is 35.0 Å². The average Bonchev–Trinajstić information content (AvgIpc) is 2.52. The molecule has 1 N–H and O–H groups in total. The average molecular weight is 276 g/mol. The lowest BCUT2D eigenvalue weighted by Gasteiger charge is -2.35. The van der Waals surface area contributed by atoms with E-state index in [4.69, 9.17) is 0 Å². The molecule has 1 amide bonds. The van der Waals surface area contributed by atoms with E-state index < -0.39 is 0 Å². The molecule has 0 spiro atoms. The number of nitrogens with one attached hydrogen (secondary N) is 1. The molecule has 1 aliphatic rings. The third kappa shape index (κ3) is 3.46. The smallest absolute Gasteiger partial charge is 0.270 e. The number of carbonyl (C=O) groups is 1. The van der Waals surface area contributed by atoms with E-state index in [1.54, 1.807) is 12.3 Å². The van der Waals surface area contributed by atoms with Crippen molar-refractivity contribution in [2.24, 2.45) is 0 Å². The minimum absolute atomic E-state index is 0.111. The number of carbonyl (C=O) groups excluding carboxylic acids is 1. The van der Waals surface area contributed by atoms with Crippen LogP contribution in [0.1, 0.15) is 56.4 Å². The maximum Gasteiger partial charge on any atom is 0.270 e. The number of aromatic nitrogens is 2. The fourth-order valence-electron chi connectivity index (χ4n) is 2.63. The number of hydrogen-bond acceptors (Lipinski definition) is 4. The Kier molecular flexibility index (Phi) is 5.32. The van der Waals surface area contributed by atoms with Gasteiger partial charge in [0, 0.05) is 25.3 Å². The molecule has 1 unspecified atom stereocenters. The van der Waals surface area contributed by atoms with Crippen LogP contribution in [0.15, 0.2) is 12.3 Å². The summed E-state index contributed by atoms with van der Waals surface area (Å²) in [6.45, 7) is 5.89. The van der Waals surface area contributed by atoms with E-state index in [9.17, 15) is 4.79 Å². The Morgan fingerprint density at radius 2 is 2.30 bits per heavy atom. The molecule has 2 rings (SSSR count). The molecule has 5 nitrogen and oxygen atoms in total. The van der Waals surface area contributed by atoms with Crippen molar-refractivity contribution in [3.8, 4) is 0 Å². The standard InChI is InChI=1S/C15H24N4O/c1-3-9-16-14(20)13-8-10-17-15(18-13)19-11-6-5-7-12(19)4-2/h8,10,12H,3-7,9,11H2,1-2H3,(H,16,20). The third-order valence-corrected chi connectivity index (χ3v) is 3.77. The maximum absolute atomic E-state index is 12.0. The van der Waals surface area contributed by atoms with Gasteiger partial charge in [-0.25, -0.2) is 9.97 Å². The first-order valence-corrected chi connectivity index (χ1v) is 7.64. The van der Waals surface area contributed by atoms with Crippen molar-refractivity contribution in [3.63, 3.8) is 0 Å². The van der Waals surface area contributed by atoms with Gasteiger partial charge < -0.3 is 10.2 Å². The highest BCUT2D eigenvalue weighted by Gasteiger charge is 2.23. The summed E-state index contributed by atoms with van der Waals surface area (Å²) in [6.07, 6.45) is 7.33. The van der Waals surface area contributed by atoms with Gasteiger partial charge in [-0.2, -0.15) is 0 Å². The van der Waals surface area contributed by atoms with Crippen molar-refractivity contribution in [2.45, 2.75) is 52.0 Å².